The first kappa shape index (κ1) is 36.2. The van der Waals surface area contributed by atoms with Gasteiger partial charge in [-0.25, -0.2) is 0 Å². The quantitative estimate of drug-likeness (QED) is 0.0870. The van der Waals surface area contributed by atoms with Crippen molar-refractivity contribution < 1.29 is 39.4 Å². The van der Waals surface area contributed by atoms with Gasteiger partial charge < -0.3 is 55.7 Å². The summed E-state index contributed by atoms with van der Waals surface area (Å²) in [6.07, 6.45) is 6.25. The van der Waals surface area contributed by atoms with E-state index in [4.69, 9.17) is 24.7 Å². The normalized spacial score (nSPS) is 20.8. The Morgan fingerprint density at radius 3 is 2.64 bits per heavy atom. The van der Waals surface area contributed by atoms with Crippen molar-refractivity contribution >= 4 is 0 Å². The van der Waals surface area contributed by atoms with Crippen LogP contribution in [0.15, 0.2) is 53.9 Å². The first-order valence-corrected chi connectivity index (χ1v) is 16.5. The van der Waals surface area contributed by atoms with Crippen LogP contribution in [-0.2, 0) is 11.2 Å². The number of dihydropyridines is 1. The summed E-state index contributed by atoms with van der Waals surface area (Å²) in [4.78, 5) is 0. The SMILES string of the molecule is CCNC(CCC1=CCNC(N)=C1)COc1cc(C2CC(O)CC(CCc3ccc(O)c(OCNCC(C)O)c3)O2)cc(OC)c1O. The Kier molecular flexibility index (Phi) is 13.9. The van der Waals surface area contributed by atoms with Crippen molar-refractivity contribution in [2.45, 2.75) is 82.8 Å². The number of phenols is 2. The maximum Gasteiger partial charge on any atom is 0.200 e. The zero-order chi connectivity index (χ0) is 33.8. The molecule has 5 atom stereocenters. The molecule has 12 heteroatoms. The number of methoxy groups -OCH3 is 1. The average molecular weight is 657 g/mol. The number of ether oxygens (including phenoxy) is 4. The second-order valence-corrected chi connectivity index (χ2v) is 12.2. The van der Waals surface area contributed by atoms with Gasteiger partial charge in [0.1, 0.15) is 13.3 Å². The van der Waals surface area contributed by atoms with E-state index in [0.29, 0.717) is 56.2 Å². The van der Waals surface area contributed by atoms with E-state index >= 15 is 0 Å². The molecule has 2 aromatic rings. The predicted molar refractivity (Wildman–Crippen MR) is 180 cm³/mol. The van der Waals surface area contributed by atoms with E-state index < -0.39 is 18.3 Å². The van der Waals surface area contributed by atoms with Crippen LogP contribution in [-0.4, -0.2) is 84.9 Å². The number of likely N-dealkylation sites (N-methyl/N-ethyl adjacent to an activating group) is 1. The molecule has 2 heterocycles. The zero-order valence-electron chi connectivity index (χ0n) is 27.7. The highest BCUT2D eigenvalue weighted by molar-refractivity contribution is 5.53. The lowest BCUT2D eigenvalue weighted by molar-refractivity contribution is -0.0999. The van der Waals surface area contributed by atoms with Gasteiger partial charge >= 0.3 is 0 Å². The zero-order valence-corrected chi connectivity index (χ0v) is 27.7. The molecular weight excluding hydrogens is 604 g/mol. The van der Waals surface area contributed by atoms with Crippen molar-refractivity contribution in [3.05, 3.63) is 65.0 Å². The fourth-order valence-corrected chi connectivity index (χ4v) is 5.85. The summed E-state index contributed by atoms with van der Waals surface area (Å²) < 4.78 is 23.8. The summed E-state index contributed by atoms with van der Waals surface area (Å²) in [5.74, 6) is 1.55. The monoisotopic (exact) mass is 656 g/mol. The highest BCUT2D eigenvalue weighted by Crippen LogP contribution is 2.42. The van der Waals surface area contributed by atoms with Gasteiger partial charge in [0.25, 0.3) is 0 Å². The summed E-state index contributed by atoms with van der Waals surface area (Å²) >= 11 is 0. The number of allylic oxidation sites excluding steroid dienone is 2. The van der Waals surface area contributed by atoms with Gasteiger partial charge in [-0.1, -0.05) is 19.1 Å². The first-order valence-electron chi connectivity index (χ1n) is 16.5. The van der Waals surface area contributed by atoms with E-state index in [-0.39, 0.29) is 36.1 Å². The molecule has 2 aromatic carbocycles. The molecule has 4 rings (SSSR count). The molecule has 2 aliphatic rings. The topological polar surface area (TPSA) is 180 Å². The summed E-state index contributed by atoms with van der Waals surface area (Å²) in [5, 5.41) is 50.9. The molecule has 12 nitrogen and oxygen atoms in total. The van der Waals surface area contributed by atoms with E-state index in [1.165, 1.54) is 12.7 Å². The first-order chi connectivity index (χ1) is 22.6. The molecule has 0 radical (unpaired) electrons. The molecule has 5 unspecified atom stereocenters. The van der Waals surface area contributed by atoms with Crippen LogP contribution in [0.25, 0.3) is 0 Å². The van der Waals surface area contributed by atoms with Gasteiger partial charge in [-0.3, -0.25) is 5.32 Å². The van der Waals surface area contributed by atoms with Crippen molar-refractivity contribution in [1.29, 1.82) is 0 Å². The maximum absolute atomic E-state index is 10.9. The van der Waals surface area contributed by atoms with Crippen molar-refractivity contribution in [3.63, 3.8) is 0 Å². The Morgan fingerprint density at radius 1 is 1.09 bits per heavy atom. The van der Waals surface area contributed by atoms with Gasteiger partial charge in [0.2, 0.25) is 5.75 Å². The Bertz CT molecular complexity index is 1350. The molecule has 1 fully saturated rings. The van der Waals surface area contributed by atoms with E-state index in [1.807, 2.05) is 19.1 Å². The maximum atomic E-state index is 10.9. The third-order valence-corrected chi connectivity index (χ3v) is 8.31. The van der Waals surface area contributed by atoms with Crippen LogP contribution in [0.1, 0.15) is 63.2 Å². The summed E-state index contributed by atoms with van der Waals surface area (Å²) in [5.41, 5.74) is 8.82. The second kappa shape index (κ2) is 18.0. The van der Waals surface area contributed by atoms with Crippen LogP contribution < -0.4 is 35.9 Å². The molecular formula is C35H52N4O8. The third kappa shape index (κ3) is 11.2. The highest BCUT2D eigenvalue weighted by atomic mass is 16.5. The minimum atomic E-state index is -0.563. The minimum Gasteiger partial charge on any atom is -0.504 e. The Labute approximate surface area is 277 Å². The molecule has 2 aliphatic heterocycles. The standard InChI is InChI=1S/C35H52N4O8/c1-4-38-26(8-5-24-11-12-39-34(36)14-24)20-45-33-16-25(15-32(44-3)35(33)43)30-18-27(41)17-28(47-30)9-6-23-7-10-29(42)31(13-23)46-21-37-19-22(2)40/h7,10-11,13-16,22,26-28,30,37-43H,4-6,8-9,12,17-21,36H2,1-3H3. The van der Waals surface area contributed by atoms with Crippen LogP contribution >= 0.6 is 0 Å². The van der Waals surface area contributed by atoms with Crippen molar-refractivity contribution in [2.75, 3.05) is 40.1 Å². The van der Waals surface area contributed by atoms with E-state index in [0.717, 1.165) is 37.1 Å². The van der Waals surface area contributed by atoms with Crippen molar-refractivity contribution in [2.24, 2.45) is 5.73 Å². The van der Waals surface area contributed by atoms with Crippen LogP contribution in [0.3, 0.4) is 0 Å². The number of aromatic hydroxyl groups is 2. The number of rotatable bonds is 18. The highest BCUT2D eigenvalue weighted by Gasteiger charge is 2.31. The number of hydrogen-bond acceptors (Lipinski definition) is 12. The van der Waals surface area contributed by atoms with E-state index in [9.17, 15) is 20.4 Å². The van der Waals surface area contributed by atoms with E-state index in [2.05, 4.69) is 22.0 Å². The summed E-state index contributed by atoms with van der Waals surface area (Å²) in [6.45, 7) is 6.09. The molecule has 0 amide bonds. The van der Waals surface area contributed by atoms with Crippen LogP contribution in [0.4, 0.5) is 0 Å². The Balaban J connectivity index is 1.38. The lowest BCUT2D eigenvalue weighted by atomic mass is 9.93. The number of aliphatic hydroxyl groups excluding tert-OH is 2. The number of nitrogens with one attached hydrogen (secondary N) is 3. The largest absolute Gasteiger partial charge is 0.504 e. The van der Waals surface area contributed by atoms with Crippen LogP contribution in [0, 0.1) is 0 Å². The number of phenolic OH excluding ortho intramolecular Hbond substituents is 2. The second-order valence-electron chi connectivity index (χ2n) is 12.2. The number of nitrogens with two attached hydrogens (primary N) is 1. The number of hydrogen-bond donors (Lipinski definition) is 8. The molecule has 47 heavy (non-hydrogen) atoms. The summed E-state index contributed by atoms with van der Waals surface area (Å²) in [6, 6.07) is 8.78. The van der Waals surface area contributed by atoms with E-state index in [1.54, 1.807) is 31.2 Å². The van der Waals surface area contributed by atoms with Gasteiger partial charge in [0.15, 0.2) is 23.0 Å². The van der Waals surface area contributed by atoms with Gasteiger partial charge in [0, 0.05) is 25.6 Å². The van der Waals surface area contributed by atoms with Crippen molar-refractivity contribution in [3.8, 4) is 28.7 Å². The Morgan fingerprint density at radius 2 is 1.89 bits per heavy atom. The van der Waals surface area contributed by atoms with Crippen LogP contribution in [0.2, 0.25) is 0 Å². The molecule has 9 N–H and O–H groups in total. The third-order valence-electron chi connectivity index (χ3n) is 8.31. The minimum absolute atomic E-state index is 0.0367. The number of aliphatic hydroxyl groups is 2. The van der Waals surface area contributed by atoms with Crippen molar-refractivity contribution in [1.82, 2.24) is 16.0 Å². The lowest BCUT2D eigenvalue weighted by Gasteiger charge is -2.34. The predicted octanol–water partition coefficient (Wildman–Crippen LogP) is 3.09. The molecule has 0 spiro atoms. The van der Waals surface area contributed by atoms with Gasteiger partial charge in [-0.2, -0.15) is 0 Å². The molecule has 0 saturated carbocycles. The number of aryl methyl sites for hydroxylation is 1. The number of benzene rings is 2. The lowest BCUT2D eigenvalue weighted by Crippen LogP contribution is -2.35. The average Bonchev–Trinajstić information content (AvgIpc) is 3.04. The Hall–Kier alpha value is -3.68. The van der Waals surface area contributed by atoms with Gasteiger partial charge in [-0.15, -0.1) is 0 Å². The molecule has 0 bridgehead atoms. The van der Waals surface area contributed by atoms with Gasteiger partial charge in [-0.05, 0) is 92.6 Å². The molecule has 1 saturated heterocycles. The molecule has 0 aliphatic carbocycles. The summed E-state index contributed by atoms with van der Waals surface area (Å²) in [7, 11) is 1.49. The fourth-order valence-electron chi connectivity index (χ4n) is 5.85. The van der Waals surface area contributed by atoms with Gasteiger partial charge in [0.05, 0.1) is 37.3 Å². The fraction of sp³-hybridized carbons (Fsp3) is 0.543. The smallest absolute Gasteiger partial charge is 0.200 e. The molecule has 0 aromatic heterocycles. The molecule has 260 valence electrons. The van der Waals surface area contributed by atoms with Crippen LogP contribution in [0.5, 0.6) is 28.7 Å².